The van der Waals surface area contributed by atoms with E-state index in [2.05, 4.69) is 15.9 Å². The second kappa shape index (κ2) is 2.27. The standard InChI is InChI=1S/C6H6BrNO/c7-5-2-1-4(9)3-6(5)8/h1-3,9H,8H2. The Morgan fingerprint density at radius 1 is 1.44 bits per heavy atom. The molecule has 0 unspecified atom stereocenters. The molecule has 0 aromatic heterocycles. The topological polar surface area (TPSA) is 46.2 Å². The number of nitrogen functional groups attached to an aromatic ring is 1. The monoisotopic (exact) mass is 187 g/mol. The second-order valence-electron chi connectivity index (χ2n) is 1.71. The molecule has 1 aromatic carbocycles. The van der Waals surface area contributed by atoms with E-state index in [4.69, 9.17) is 10.8 Å². The normalized spacial score (nSPS) is 9.44. The average Bonchev–Trinajstić information content (AvgIpc) is 1.80. The third kappa shape index (κ3) is 1.36. The lowest BCUT2D eigenvalue weighted by atomic mass is 10.3. The molecule has 0 fully saturated rings. The molecule has 0 spiro atoms. The van der Waals surface area contributed by atoms with Gasteiger partial charge in [0.1, 0.15) is 5.75 Å². The van der Waals surface area contributed by atoms with Gasteiger partial charge in [0.05, 0.1) is 0 Å². The number of phenolic OH excluding ortho intramolecular Hbond substituents is 1. The number of benzene rings is 1. The van der Waals surface area contributed by atoms with Crippen LogP contribution in [0.3, 0.4) is 0 Å². The fraction of sp³-hybridized carbons (Fsp3) is 0. The van der Waals surface area contributed by atoms with Crippen molar-refractivity contribution in [2.75, 3.05) is 5.73 Å². The van der Waals surface area contributed by atoms with Gasteiger partial charge in [-0.05, 0) is 28.1 Å². The zero-order valence-electron chi connectivity index (χ0n) is 4.63. The van der Waals surface area contributed by atoms with Crippen LogP contribution in [0.1, 0.15) is 0 Å². The van der Waals surface area contributed by atoms with E-state index in [-0.39, 0.29) is 5.75 Å². The third-order valence-electron chi connectivity index (χ3n) is 0.980. The van der Waals surface area contributed by atoms with E-state index in [1.165, 1.54) is 6.07 Å². The van der Waals surface area contributed by atoms with Crippen LogP contribution in [0.4, 0.5) is 5.69 Å². The molecule has 0 bridgehead atoms. The molecule has 9 heavy (non-hydrogen) atoms. The number of hydrogen-bond acceptors (Lipinski definition) is 2. The maximum atomic E-state index is 8.84. The van der Waals surface area contributed by atoms with E-state index in [1.807, 2.05) is 0 Å². The minimum atomic E-state index is 0.190. The van der Waals surface area contributed by atoms with Crippen LogP contribution in [-0.4, -0.2) is 5.11 Å². The van der Waals surface area contributed by atoms with Crippen molar-refractivity contribution in [1.82, 2.24) is 0 Å². The molecule has 0 saturated carbocycles. The minimum Gasteiger partial charge on any atom is -0.508 e. The van der Waals surface area contributed by atoms with Crippen molar-refractivity contribution in [3.05, 3.63) is 22.7 Å². The SMILES string of the molecule is Nc1cc(O)ccc1Br. The second-order valence-corrected chi connectivity index (χ2v) is 2.56. The lowest BCUT2D eigenvalue weighted by molar-refractivity contribution is 0.475. The summed E-state index contributed by atoms with van der Waals surface area (Å²) >= 11 is 3.19. The Morgan fingerprint density at radius 2 is 2.11 bits per heavy atom. The van der Waals surface area contributed by atoms with Gasteiger partial charge in [-0.2, -0.15) is 0 Å². The van der Waals surface area contributed by atoms with E-state index >= 15 is 0 Å². The number of halogens is 1. The molecule has 0 aliphatic rings. The van der Waals surface area contributed by atoms with Gasteiger partial charge in [0.15, 0.2) is 0 Å². The summed E-state index contributed by atoms with van der Waals surface area (Å²) in [5.41, 5.74) is 5.96. The number of nitrogens with two attached hydrogens (primary N) is 1. The minimum absolute atomic E-state index is 0.190. The fourth-order valence-electron chi connectivity index (χ4n) is 0.531. The van der Waals surface area contributed by atoms with Gasteiger partial charge in [0.25, 0.3) is 0 Å². The van der Waals surface area contributed by atoms with Crippen molar-refractivity contribution in [3.8, 4) is 5.75 Å². The summed E-state index contributed by atoms with van der Waals surface area (Å²) in [4.78, 5) is 0. The first-order valence-corrected chi connectivity index (χ1v) is 3.23. The molecule has 1 rings (SSSR count). The summed E-state index contributed by atoms with van der Waals surface area (Å²) in [5, 5.41) is 8.84. The average molecular weight is 188 g/mol. The summed E-state index contributed by atoms with van der Waals surface area (Å²) in [5.74, 6) is 0.190. The smallest absolute Gasteiger partial charge is 0.117 e. The van der Waals surface area contributed by atoms with Crippen LogP contribution < -0.4 is 5.73 Å². The van der Waals surface area contributed by atoms with Crippen LogP contribution in [0.25, 0.3) is 0 Å². The Kier molecular flexibility index (Phi) is 1.62. The predicted octanol–water partition coefficient (Wildman–Crippen LogP) is 1.74. The highest BCUT2D eigenvalue weighted by Gasteiger charge is 1.93. The lowest BCUT2D eigenvalue weighted by Crippen LogP contribution is -1.84. The molecule has 0 radical (unpaired) electrons. The maximum absolute atomic E-state index is 8.84. The third-order valence-corrected chi connectivity index (χ3v) is 1.70. The zero-order chi connectivity index (χ0) is 6.85. The zero-order valence-corrected chi connectivity index (χ0v) is 6.22. The van der Waals surface area contributed by atoms with Crippen LogP contribution in [0.2, 0.25) is 0 Å². The Labute approximate surface area is 61.4 Å². The number of phenols is 1. The van der Waals surface area contributed by atoms with Crippen LogP contribution in [0, 0.1) is 0 Å². The number of aromatic hydroxyl groups is 1. The van der Waals surface area contributed by atoms with Crippen molar-refractivity contribution in [2.45, 2.75) is 0 Å². The highest BCUT2D eigenvalue weighted by molar-refractivity contribution is 9.10. The molecule has 0 saturated heterocycles. The molecular formula is C6H6BrNO. The molecule has 48 valence electrons. The molecule has 0 aliphatic carbocycles. The van der Waals surface area contributed by atoms with Gasteiger partial charge in [0, 0.05) is 16.2 Å². The van der Waals surface area contributed by atoms with Crippen molar-refractivity contribution in [2.24, 2.45) is 0 Å². The number of anilines is 1. The number of rotatable bonds is 0. The molecule has 3 heteroatoms. The molecule has 1 aromatic rings. The van der Waals surface area contributed by atoms with Crippen LogP contribution in [-0.2, 0) is 0 Å². The van der Waals surface area contributed by atoms with Crippen molar-refractivity contribution >= 4 is 21.6 Å². The molecule has 3 N–H and O–H groups in total. The summed E-state index contributed by atoms with van der Waals surface area (Å²) < 4.78 is 0.806. The fourth-order valence-corrected chi connectivity index (χ4v) is 0.778. The highest BCUT2D eigenvalue weighted by Crippen LogP contribution is 2.22. The quantitative estimate of drug-likeness (QED) is 0.609. The summed E-state index contributed by atoms with van der Waals surface area (Å²) in [6.07, 6.45) is 0. The molecule has 0 aliphatic heterocycles. The largest absolute Gasteiger partial charge is 0.508 e. The first-order valence-electron chi connectivity index (χ1n) is 2.44. The van der Waals surface area contributed by atoms with E-state index < -0.39 is 0 Å². The molecule has 0 heterocycles. The van der Waals surface area contributed by atoms with Crippen LogP contribution in [0.15, 0.2) is 22.7 Å². The summed E-state index contributed by atoms with van der Waals surface area (Å²) in [6.45, 7) is 0. The van der Waals surface area contributed by atoms with Crippen LogP contribution >= 0.6 is 15.9 Å². The molecular weight excluding hydrogens is 182 g/mol. The van der Waals surface area contributed by atoms with Gasteiger partial charge in [0.2, 0.25) is 0 Å². The first kappa shape index (κ1) is 6.42. The van der Waals surface area contributed by atoms with Gasteiger partial charge in [-0.1, -0.05) is 0 Å². The van der Waals surface area contributed by atoms with E-state index in [0.29, 0.717) is 5.69 Å². The van der Waals surface area contributed by atoms with Gasteiger partial charge in [-0.25, -0.2) is 0 Å². The van der Waals surface area contributed by atoms with Crippen molar-refractivity contribution in [3.63, 3.8) is 0 Å². The summed E-state index contributed by atoms with van der Waals surface area (Å²) in [6, 6.07) is 4.76. The van der Waals surface area contributed by atoms with Crippen LogP contribution in [0.5, 0.6) is 5.75 Å². The van der Waals surface area contributed by atoms with Gasteiger partial charge < -0.3 is 10.8 Å². The summed E-state index contributed by atoms with van der Waals surface area (Å²) in [7, 11) is 0. The van der Waals surface area contributed by atoms with E-state index in [9.17, 15) is 0 Å². The van der Waals surface area contributed by atoms with Crippen molar-refractivity contribution < 1.29 is 5.11 Å². The molecule has 2 nitrogen and oxygen atoms in total. The Hall–Kier alpha value is -0.700. The molecule has 0 amide bonds. The van der Waals surface area contributed by atoms with Gasteiger partial charge in [-0.3, -0.25) is 0 Å². The predicted molar refractivity (Wildman–Crippen MR) is 40.2 cm³/mol. The Bertz CT molecular complexity index is 224. The number of hydrogen-bond donors (Lipinski definition) is 2. The van der Waals surface area contributed by atoms with Crippen molar-refractivity contribution in [1.29, 1.82) is 0 Å². The van der Waals surface area contributed by atoms with E-state index in [0.717, 1.165) is 4.47 Å². The maximum Gasteiger partial charge on any atom is 0.117 e. The van der Waals surface area contributed by atoms with Gasteiger partial charge >= 0.3 is 0 Å². The highest BCUT2D eigenvalue weighted by atomic mass is 79.9. The lowest BCUT2D eigenvalue weighted by Gasteiger charge is -1.95. The van der Waals surface area contributed by atoms with E-state index in [1.54, 1.807) is 12.1 Å². The Morgan fingerprint density at radius 3 is 2.56 bits per heavy atom. The first-order chi connectivity index (χ1) is 4.20. The molecule has 0 atom stereocenters. The Balaban J connectivity index is 3.17. The van der Waals surface area contributed by atoms with Gasteiger partial charge in [-0.15, -0.1) is 0 Å².